The number of hydrogen-bond acceptors (Lipinski definition) is 0. The Hall–Kier alpha value is 0.400. The van der Waals surface area contributed by atoms with Gasteiger partial charge in [0.25, 0.3) is 0 Å². The van der Waals surface area contributed by atoms with Crippen LogP contribution in [-0.4, -0.2) is 5.33 Å². The maximum absolute atomic E-state index is 3.52. The van der Waals surface area contributed by atoms with Crippen molar-refractivity contribution in [3.05, 3.63) is 30.1 Å². The van der Waals surface area contributed by atoms with E-state index < -0.39 is 0 Å². The molecular weight excluding hydrogens is 293 g/mol. The number of halogens is 3. The van der Waals surface area contributed by atoms with Gasteiger partial charge >= 0.3 is 0 Å². The first-order valence-electron chi connectivity index (χ1n) is 3.00. The highest BCUT2D eigenvalue weighted by atomic mass is 79.9. The van der Waals surface area contributed by atoms with Gasteiger partial charge in [-0.2, -0.15) is 0 Å². The molecule has 1 rings (SSSR count). The lowest BCUT2D eigenvalue weighted by atomic mass is 10.2. The van der Waals surface area contributed by atoms with Crippen LogP contribution in [0.15, 0.2) is 24.5 Å². The number of aromatic amines is 1. The first-order valence-corrected chi connectivity index (χ1v) is 5.04. The van der Waals surface area contributed by atoms with Crippen LogP contribution in [0.5, 0.6) is 0 Å². The molecule has 0 saturated carbocycles. The summed E-state index contributed by atoms with van der Waals surface area (Å²) < 4.78 is 0. The van der Waals surface area contributed by atoms with Crippen LogP contribution in [0, 0.1) is 0 Å². The molecule has 11 heavy (non-hydrogen) atoms. The zero-order valence-corrected chi connectivity index (χ0v) is 9.66. The van der Waals surface area contributed by atoms with Crippen molar-refractivity contribution in [2.45, 2.75) is 4.83 Å². The van der Waals surface area contributed by atoms with Crippen LogP contribution in [0.25, 0.3) is 0 Å². The van der Waals surface area contributed by atoms with E-state index in [1.54, 1.807) is 0 Å². The highest BCUT2D eigenvalue weighted by molar-refractivity contribution is 9.12. The van der Waals surface area contributed by atoms with Crippen molar-refractivity contribution in [1.29, 1.82) is 0 Å². The molecule has 1 N–H and O–H groups in total. The monoisotopic (exact) mass is 299 g/mol. The molecule has 62 valence electrons. The minimum absolute atomic E-state index is 0. The average Bonchev–Trinajstić information content (AvgIpc) is 2.05. The summed E-state index contributed by atoms with van der Waals surface area (Å²) in [5.74, 6) is 0. The standard InChI is InChI=1S/C7H7Br2N.ClH/c8-5-7(9)6-1-3-10-4-2-6;/h1-4,7H,5H2;1H. The van der Waals surface area contributed by atoms with Crippen molar-refractivity contribution >= 4 is 31.9 Å². The number of rotatable bonds is 2. The Morgan fingerprint density at radius 2 is 1.91 bits per heavy atom. The van der Waals surface area contributed by atoms with E-state index in [2.05, 4.69) is 49.0 Å². The molecular formula is C7H8Br2ClN. The molecule has 1 aromatic rings. The fourth-order valence-electron chi connectivity index (χ4n) is 0.698. The third-order valence-corrected chi connectivity index (χ3v) is 3.61. The lowest BCUT2D eigenvalue weighted by molar-refractivity contribution is -0.378. The topological polar surface area (TPSA) is 14.1 Å². The Balaban J connectivity index is 0.000001000. The third kappa shape index (κ3) is 3.54. The molecule has 1 unspecified atom stereocenters. The van der Waals surface area contributed by atoms with E-state index in [0.717, 1.165) is 5.33 Å². The molecule has 0 radical (unpaired) electrons. The van der Waals surface area contributed by atoms with Crippen molar-refractivity contribution in [2.24, 2.45) is 0 Å². The third-order valence-electron chi connectivity index (χ3n) is 1.24. The lowest BCUT2D eigenvalue weighted by Crippen LogP contribution is -3.00. The highest BCUT2D eigenvalue weighted by Gasteiger charge is 2.04. The molecule has 0 amide bonds. The van der Waals surface area contributed by atoms with E-state index in [-0.39, 0.29) is 12.4 Å². The number of nitrogens with one attached hydrogen (secondary N) is 1. The van der Waals surface area contributed by atoms with Gasteiger partial charge in [0, 0.05) is 22.3 Å². The maximum atomic E-state index is 3.52. The summed E-state index contributed by atoms with van der Waals surface area (Å²) in [4.78, 5) is 3.39. The van der Waals surface area contributed by atoms with Crippen LogP contribution >= 0.6 is 31.9 Å². The van der Waals surface area contributed by atoms with Crippen LogP contribution in [0.3, 0.4) is 0 Å². The Labute approximate surface area is 89.3 Å². The van der Waals surface area contributed by atoms with Crippen molar-refractivity contribution < 1.29 is 17.4 Å². The van der Waals surface area contributed by atoms with Crippen molar-refractivity contribution in [3.8, 4) is 0 Å². The second-order valence-corrected chi connectivity index (χ2v) is 3.71. The number of hydrogen-bond donors (Lipinski definition) is 0. The van der Waals surface area contributed by atoms with E-state index in [9.17, 15) is 0 Å². The zero-order valence-electron chi connectivity index (χ0n) is 5.73. The van der Waals surface area contributed by atoms with Gasteiger partial charge in [-0.3, -0.25) is 0 Å². The summed E-state index contributed by atoms with van der Waals surface area (Å²) in [5, 5.41) is 0.941. The fraction of sp³-hybridized carbons (Fsp3) is 0.286. The summed E-state index contributed by atoms with van der Waals surface area (Å²) in [6.07, 6.45) is 3.85. The van der Waals surface area contributed by atoms with Crippen molar-refractivity contribution in [1.82, 2.24) is 0 Å². The zero-order chi connectivity index (χ0) is 7.40. The molecule has 0 fully saturated rings. The van der Waals surface area contributed by atoms with Crippen LogP contribution < -0.4 is 17.4 Å². The van der Waals surface area contributed by atoms with E-state index in [4.69, 9.17) is 0 Å². The lowest BCUT2D eigenvalue weighted by Gasteiger charge is -2.01. The smallest absolute Gasteiger partial charge is 0.167 e. The molecule has 0 bridgehead atoms. The quantitative estimate of drug-likeness (QED) is 0.644. The SMILES string of the molecule is BrCC(Br)c1cc[nH+]cc1.[Cl-]. The Kier molecular flexibility index (Phi) is 6.19. The molecule has 0 aliphatic heterocycles. The molecule has 0 aliphatic carbocycles. The minimum atomic E-state index is 0. The number of aromatic nitrogens is 1. The predicted octanol–water partition coefficient (Wildman–Crippen LogP) is -0.664. The van der Waals surface area contributed by atoms with Crippen molar-refractivity contribution in [2.75, 3.05) is 5.33 Å². The number of alkyl halides is 2. The van der Waals surface area contributed by atoms with Crippen LogP contribution in [0.1, 0.15) is 10.4 Å². The number of H-pyrrole nitrogens is 1. The van der Waals surface area contributed by atoms with Gasteiger partial charge in [-0.05, 0) is 5.56 Å². The summed E-state index contributed by atoms with van der Waals surface area (Å²) >= 11 is 6.92. The second kappa shape index (κ2) is 5.98. The summed E-state index contributed by atoms with van der Waals surface area (Å²) in [6, 6.07) is 4.11. The molecule has 1 aromatic heterocycles. The van der Waals surface area contributed by atoms with Crippen LogP contribution in [-0.2, 0) is 0 Å². The van der Waals surface area contributed by atoms with Gasteiger partial charge in [-0.1, -0.05) is 31.9 Å². The molecule has 0 spiro atoms. The molecule has 0 aliphatic rings. The van der Waals surface area contributed by atoms with Gasteiger partial charge in [-0.15, -0.1) is 0 Å². The highest BCUT2D eigenvalue weighted by Crippen LogP contribution is 2.22. The minimum Gasteiger partial charge on any atom is -1.00 e. The molecule has 4 heteroatoms. The molecule has 1 nitrogen and oxygen atoms in total. The molecule has 1 heterocycles. The molecule has 0 aromatic carbocycles. The normalized spacial score (nSPS) is 11.8. The van der Waals surface area contributed by atoms with Gasteiger partial charge < -0.3 is 12.4 Å². The predicted molar refractivity (Wildman–Crippen MR) is 48.5 cm³/mol. The second-order valence-electron chi connectivity index (χ2n) is 1.96. The van der Waals surface area contributed by atoms with E-state index in [1.807, 2.05) is 12.4 Å². The van der Waals surface area contributed by atoms with Crippen LogP contribution in [0.4, 0.5) is 0 Å². The van der Waals surface area contributed by atoms with E-state index in [1.165, 1.54) is 5.56 Å². The number of pyridine rings is 1. The summed E-state index contributed by atoms with van der Waals surface area (Å²) in [5.41, 5.74) is 1.29. The first kappa shape index (κ1) is 11.4. The van der Waals surface area contributed by atoms with Crippen molar-refractivity contribution in [3.63, 3.8) is 0 Å². The molecule has 0 saturated heterocycles. The van der Waals surface area contributed by atoms with E-state index in [0.29, 0.717) is 4.83 Å². The maximum Gasteiger partial charge on any atom is 0.167 e. The van der Waals surface area contributed by atoms with Crippen LogP contribution in [0.2, 0.25) is 0 Å². The molecule has 1 atom stereocenters. The van der Waals surface area contributed by atoms with Gasteiger partial charge in [0.2, 0.25) is 0 Å². The van der Waals surface area contributed by atoms with E-state index >= 15 is 0 Å². The van der Waals surface area contributed by atoms with Gasteiger partial charge in [0.05, 0.1) is 0 Å². The Morgan fingerprint density at radius 3 is 2.36 bits per heavy atom. The summed E-state index contributed by atoms with van der Waals surface area (Å²) in [7, 11) is 0. The largest absolute Gasteiger partial charge is 1.00 e. The van der Waals surface area contributed by atoms with Gasteiger partial charge in [0.1, 0.15) is 0 Å². The van der Waals surface area contributed by atoms with Gasteiger partial charge in [0.15, 0.2) is 12.4 Å². The first-order chi connectivity index (χ1) is 4.84. The summed E-state index contributed by atoms with van der Waals surface area (Å²) in [6.45, 7) is 0. The van der Waals surface area contributed by atoms with Gasteiger partial charge in [-0.25, -0.2) is 4.98 Å². The Bertz CT molecular complexity index is 193. The fourth-order valence-corrected chi connectivity index (χ4v) is 1.38. The Morgan fingerprint density at radius 1 is 1.36 bits per heavy atom. The average molecular weight is 301 g/mol.